The first kappa shape index (κ1) is 13.1. The predicted molar refractivity (Wildman–Crippen MR) is 77.8 cm³/mol. The van der Waals surface area contributed by atoms with Crippen molar-refractivity contribution in [2.75, 3.05) is 11.1 Å². The van der Waals surface area contributed by atoms with Crippen LogP contribution in [0.3, 0.4) is 0 Å². The molecule has 2 rings (SSSR count). The Labute approximate surface area is 116 Å². The fourth-order valence-electron chi connectivity index (χ4n) is 1.32. The number of carbonyl (C=O) groups is 1. The van der Waals surface area contributed by atoms with Crippen LogP contribution < -0.4 is 10.9 Å². The monoisotopic (exact) mass is 275 g/mol. The van der Waals surface area contributed by atoms with Gasteiger partial charge in [-0.15, -0.1) is 0 Å². The zero-order chi connectivity index (χ0) is 13.0. The highest BCUT2D eigenvalue weighted by Crippen LogP contribution is 2.25. The number of nitrogens with zero attached hydrogens (tertiary/aromatic N) is 2. The van der Waals surface area contributed by atoms with Crippen LogP contribution in [-0.4, -0.2) is 29.5 Å². The average molecular weight is 275 g/mol. The molecule has 2 aromatic rings. The Morgan fingerprint density at radius 2 is 2.39 bits per heavy atom. The number of carbonyl (C=O) groups excluding carboxylic acids is 1. The maximum absolute atomic E-state index is 11.5. The molecule has 7 heteroatoms. The molecule has 0 saturated heterocycles. The second kappa shape index (κ2) is 6.02. The molecular formula is C11H10BN3OS2. The van der Waals surface area contributed by atoms with E-state index in [1.54, 1.807) is 12.4 Å². The first-order chi connectivity index (χ1) is 8.70. The van der Waals surface area contributed by atoms with Gasteiger partial charge in [-0.1, -0.05) is 11.3 Å². The van der Waals surface area contributed by atoms with Gasteiger partial charge in [0.15, 0.2) is 0 Å². The first-order valence-corrected chi connectivity index (χ1v) is 6.73. The van der Waals surface area contributed by atoms with Crippen molar-refractivity contribution in [2.45, 2.75) is 6.42 Å². The first-order valence-electron chi connectivity index (χ1n) is 5.28. The highest BCUT2D eigenvalue weighted by molar-refractivity contribution is 7.80. The third kappa shape index (κ3) is 3.11. The van der Waals surface area contributed by atoms with Gasteiger partial charge in [0.05, 0.1) is 0 Å². The Balaban J connectivity index is 2.20. The maximum Gasteiger partial charge on any atom is 0.225 e. The fourth-order valence-corrected chi connectivity index (χ4v) is 2.42. The number of rotatable bonds is 4. The van der Waals surface area contributed by atoms with E-state index in [0.717, 1.165) is 10.6 Å². The lowest BCUT2D eigenvalue weighted by Crippen LogP contribution is -2.17. The van der Waals surface area contributed by atoms with E-state index < -0.39 is 0 Å². The quantitative estimate of drug-likeness (QED) is 0.652. The van der Waals surface area contributed by atoms with Gasteiger partial charge in [0.1, 0.15) is 17.9 Å². The van der Waals surface area contributed by atoms with Crippen molar-refractivity contribution in [1.29, 1.82) is 0 Å². The van der Waals surface area contributed by atoms with Gasteiger partial charge in [-0.25, -0.2) is 0 Å². The van der Waals surface area contributed by atoms with Crippen LogP contribution in [0.2, 0.25) is 0 Å². The Hall–Kier alpha value is -1.34. The van der Waals surface area contributed by atoms with Crippen molar-refractivity contribution in [3.05, 3.63) is 24.5 Å². The Bertz CT molecular complexity index is 544. The van der Waals surface area contributed by atoms with E-state index >= 15 is 0 Å². The van der Waals surface area contributed by atoms with Crippen LogP contribution in [0.25, 0.3) is 10.6 Å². The molecule has 2 heterocycles. The maximum atomic E-state index is 11.5. The third-order valence-electron chi connectivity index (χ3n) is 2.15. The van der Waals surface area contributed by atoms with Crippen LogP contribution in [0.5, 0.6) is 0 Å². The summed E-state index contributed by atoms with van der Waals surface area (Å²) < 4.78 is 0. The van der Waals surface area contributed by atoms with Crippen LogP contribution in [0, 0.1) is 0 Å². The largest absolute Gasteiger partial charge is 0.317 e. The topological polar surface area (TPSA) is 54.9 Å². The molecule has 18 heavy (non-hydrogen) atoms. The summed E-state index contributed by atoms with van der Waals surface area (Å²) in [6, 6.07) is 3.72. The van der Waals surface area contributed by atoms with E-state index in [4.69, 9.17) is 7.85 Å². The van der Waals surface area contributed by atoms with Gasteiger partial charge in [-0.05, 0) is 17.9 Å². The highest BCUT2D eigenvalue weighted by atomic mass is 32.1. The van der Waals surface area contributed by atoms with Gasteiger partial charge in [0, 0.05) is 30.0 Å². The lowest BCUT2D eigenvalue weighted by molar-refractivity contribution is -0.115. The van der Waals surface area contributed by atoms with E-state index in [2.05, 4.69) is 27.9 Å². The minimum atomic E-state index is -0.113. The van der Waals surface area contributed by atoms with E-state index in [1.807, 2.05) is 12.1 Å². The summed E-state index contributed by atoms with van der Waals surface area (Å²) in [4.78, 5) is 19.7. The fraction of sp³-hybridized carbons (Fsp3) is 0.182. The molecular weight excluding hydrogens is 265 g/mol. The molecule has 0 aliphatic heterocycles. The summed E-state index contributed by atoms with van der Waals surface area (Å²) in [5, 5.41) is 4.03. The molecule has 0 unspecified atom stereocenters. The number of hydrogen-bond donors (Lipinski definition) is 2. The lowest BCUT2D eigenvalue weighted by atomic mass is 10.1. The van der Waals surface area contributed by atoms with E-state index in [9.17, 15) is 4.79 Å². The van der Waals surface area contributed by atoms with Crippen LogP contribution in [0.1, 0.15) is 6.42 Å². The third-order valence-corrected chi connectivity index (χ3v) is 3.41. The number of amides is 1. The molecule has 0 fully saturated rings. The number of anilines is 1. The summed E-state index contributed by atoms with van der Waals surface area (Å²) in [5.41, 5.74) is 1.20. The highest BCUT2D eigenvalue weighted by Gasteiger charge is 2.11. The van der Waals surface area contributed by atoms with Crippen molar-refractivity contribution in [3.63, 3.8) is 0 Å². The van der Waals surface area contributed by atoms with Gasteiger partial charge < -0.3 is 5.32 Å². The van der Waals surface area contributed by atoms with Gasteiger partial charge in [-0.2, -0.15) is 12.6 Å². The van der Waals surface area contributed by atoms with Crippen molar-refractivity contribution >= 4 is 48.3 Å². The summed E-state index contributed by atoms with van der Waals surface area (Å²) in [5.74, 6) is 0.387. The predicted octanol–water partition coefficient (Wildman–Crippen LogP) is 1.26. The van der Waals surface area contributed by atoms with Crippen LogP contribution >= 0.6 is 24.0 Å². The van der Waals surface area contributed by atoms with Crippen molar-refractivity contribution < 1.29 is 4.79 Å². The second-order valence-electron chi connectivity index (χ2n) is 3.50. The molecule has 0 bridgehead atoms. The van der Waals surface area contributed by atoms with Crippen molar-refractivity contribution in [1.82, 2.24) is 9.97 Å². The Morgan fingerprint density at radius 1 is 1.56 bits per heavy atom. The molecule has 90 valence electrons. The van der Waals surface area contributed by atoms with Gasteiger partial charge in [0.2, 0.25) is 5.91 Å². The second-order valence-corrected chi connectivity index (χ2v) is 4.94. The number of thiazole rings is 1. The molecule has 0 aromatic carbocycles. The summed E-state index contributed by atoms with van der Waals surface area (Å²) in [6.07, 6.45) is 3.75. The summed E-state index contributed by atoms with van der Waals surface area (Å²) >= 11 is 5.34. The molecule has 4 nitrogen and oxygen atoms in total. The molecule has 0 atom stereocenters. The normalized spacial score (nSPS) is 10.3. The lowest BCUT2D eigenvalue weighted by Gasteiger charge is -2.00. The average Bonchev–Trinajstić information content (AvgIpc) is 2.72. The standard InChI is InChI=1S/C11H10BN3OS2/c12-9-11(14-8(16)3-5-17)18-10(15-9)7-2-1-4-13-6-7/h1-2,4,6,17H,3,5H2,(H,14,16). The van der Waals surface area contributed by atoms with E-state index in [0.29, 0.717) is 22.8 Å². The van der Waals surface area contributed by atoms with Crippen LogP contribution in [0.4, 0.5) is 5.00 Å². The number of aromatic nitrogens is 2. The zero-order valence-electron chi connectivity index (χ0n) is 9.46. The van der Waals surface area contributed by atoms with E-state index in [-0.39, 0.29) is 5.91 Å². The molecule has 1 N–H and O–H groups in total. The SMILES string of the molecule is [B]c1nc(-c2cccnc2)sc1NC(=O)CCS. The molecule has 0 aliphatic rings. The van der Waals surface area contributed by atoms with Crippen molar-refractivity contribution in [3.8, 4) is 10.6 Å². The zero-order valence-corrected chi connectivity index (χ0v) is 11.2. The van der Waals surface area contributed by atoms with Gasteiger partial charge >= 0.3 is 0 Å². The number of hydrogen-bond acceptors (Lipinski definition) is 5. The molecule has 0 saturated carbocycles. The molecule has 1 amide bonds. The smallest absolute Gasteiger partial charge is 0.225 e. The number of thiol groups is 1. The minimum Gasteiger partial charge on any atom is -0.317 e. The number of nitrogens with one attached hydrogen (secondary N) is 1. The van der Waals surface area contributed by atoms with Crippen LogP contribution in [0.15, 0.2) is 24.5 Å². The summed E-state index contributed by atoms with van der Waals surface area (Å²) in [7, 11) is 5.77. The number of pyridine rings is 1. The molecule has 0 spiro atoms. The van der Waals surface area contributed by atoms with Crippen molar-refractivity contribution in [2.24, 2.45) is 0 Å². The van der Waals surface area contributed by atoms with Gasteiger partial charge in [0.25, 0.3) is 0 Å². The Morgan fingerprint density at radius 3 is 3.06 bits per heavy atom. The molecule has 2 radical (unpaired) electrons. The van der Waals surface area contributed by atoms with E-state index in [1.165, 1.54) is 11.3 Å². The molecule has 2 aromatic heterocycles. The Kier molecular flexibility index (Phi) is 4.38. The van der Waals surface area contributed by atoms with Crippen LogP contribution in [-0.2, 0) is 4.79 Å². The minimum absolute atomic E-state index is 0.113. The molecule has 0 aliphatic carbocycles. The summed E-state index contributed by atoms with van der Waals surface area (Å²) in [6.45, 7) is 0. The van der Waals surface area contributed by atoms with Gasteiger partial charge in [-0.3, -0.25) is 14.8 Å².